The van der Waals surface area contributed by atoms with Crippen molar-refractivity contribution in [3.63, 3.8) is 0 Å². The van der Waals surface area contributed by atoms with Crippen molar-refractivity contribution in [1.82, 2.24) is 30.7 Å². The number of thioether (sulfide) groups is 1. The molecule has 148 valence electrons. The third kappa shape index (κ3) is 7.23. The number of hydrogen-bond acceptors (Lipinski definition) is 5. The molecule has 0 aliphatic heterocycles. The molecule has 0 atom stereocenters. The van der Waals surface area contributed by atoms with Gasteiger partial charge in [-0.15, -0.1) is 10.2 Å². The number of nitrogens with one attached hydrogen (secondary N) is 3. The molecule has 0 radical (unpaired) electrons. The van der Waals surface area contributed by atoms with Crippen molar-refractivity contribution in [2.45, 2.75) is 40.7 Å². The summed E-state index contributed by atoms with van der Waals surface area (Å²) in [5, 5.41) is 17.7. The number of aryl methyl sites for hydroxylation is 1. The van der Waals surface area contributed by atoms with Gasteiger partial charge in [-0.2, -0.15) is 11.8 Å². The van der Waals surface area contributed by atoms with E-state index >= 15 is 0 Å². The van der Waals surface area contributed by atoms with E-state index in [2.05, 4.69) is 37.4 Å². The summed E-state index contributed by atoms with van der Waals surface area (Å²) < 4.78 is 1.92. The van der Waals surface area contributed by atoms with Gasteiger partial charge >= 0.3 is 0 Å². The maximum atomic E-state index is 12.2. The van der Waals surface area contributed by atoms with Crippen LogP contribution in [0.1, 0.15) is 38.8 Å². The molecule has 0 unspecified atom stereocenters. The van der Waals surface area contributed by atoms with Gasteiger partial charge in [0, 0.05) is 26.7 Å². The van der Waals surface area contributed by atoms with Gasteiger partial charge in [-0.1, -0.05) is 0 Å². The molecule has 0 aliphatic rings. The normalized spacial score (nSPS) is 12.2. The number of carbonyl (C=O) groups is 1. The van der Waals surface area contributed by atoms with Crippen molar-refractivity contribution in [3.8, 4) is 0 Å². The Kier molecular flexibility index (Phi) is 9.47. The van der Waals surface area contributed by atoms with Crippen LogP contribution in [0.5, 0.6) is 0 Å². The van der Waals surface area contributed by atoms with E-state index in [-0.39, 0.29) is 5.91 Å². The molecule has 3 N–H and O–H groups in total. The first-order valence-electron chi connectivity index (χ1n) is 8.96. The monoisotopic (exact) mass is 383 g/mol. The Balaban J connectivity index is 2.72. The van der Waals surface area contributed by atoms with Crippen LogP contribution in [0.15, 0.2) is 4.99 Å². The van der Waals surface area contributed by atoms with Gasteiger partial charge in [-0.25, -0.2) is 4.99 Å². The summed E-state index contributed by atoms with van der Waals surface area (Å²) in [7, 11) is 1.93. The smallest absolute Gasteiger partial charge is 0.227 e. The van der Waals surface area contributed by atoms with E-state index in [1.165, 1.54) is 0 Å². The number of guanidine groups is 1. The van der Waals surface area contributed by atoms with Crippen LogP contribution in [0.4, 0.5) is 0 Å². The summed E-state index contributed by atoms with van der Waals surface area (Å²) in [6.07, 6.45) is 3.14. The molecule has 0 spiro atoms. The molecule has 0 fully saturated rings. The predicted molar refractivity (Wildman–Crippen MR) is 108 cm³/mol. The van der Waals surface area contributed by atoms with Crippen LogP contribution in [-0.4, -0.2) is 58.3 Å². The summed E-state index contributed by atoms with van der Waals surface area (Å²) in [6.45, 7) is 10.0. The molecule has 0 aliphatic carbocycles. The average molecular weight is 384 g/mol. The van der Waals surface area contributed by atoms with Gasteiger partial charge in [-0.05, 0) is 46.1 Å². The van der Waals surface area contributed by atoms with Gasteiger partial charge in [0.2, 0.25) is 5.91 Å². The van der Waals surface area contributed by atoms with E-state index in [0.29, 0.717) is 25.6 Å². The lowest BCUT2D eigenvalue weighted by Crippen LogP contribution is -2.48. The van der Waals surface area contributed by atoms with E-state index in [0.717, 1.165) is 30.4 Å². The van der Waals surface area contributed by atoms with Crippen molar-refractivity contribution in [2.24, 2.45) is 17.5 Å². The topological polar surface area (TPSA) is 96.2 Å². The zero-order valence-corrected chi connectivity index (χ0v) is 17.7. The quantitative estimate of drug-likeness (QED) is 0.318. The SMILES string of the molecule is CCNC(=O)C(C)(C)CNC(=NCc1nnc(C)n1C)NCCCSC. The fraction of sp³-hybridized carbons (Fsp3) is 0.765. The summed E-state index contributed by atoms with van der Waals surface area (Å²) in [6, 6.07) is 0. The second-order valence-electron chi connectivity index (χ2n) is 6.76. The van der Waals surface area contributed by atoms with Crippen molar-refractivity contribution in [1.29, 1.82) is 0 Å². The molecule has 1 amide bonds. The van der Waals surface area contributed by atoms with Gasteiger partial charge in [0.25, 0.3) is 0 Å². The third-order valence-electron chi connectivity index (χ3n) is 4.03. The Morgan fingerprint density at radius 2 is 2.00 bits per heavy atom. The maximum Gasteiger partial charge on any atom is 0.227 e. The second kappa shape index (κ2) is 11.1. The number of hydrogen-bond donors (Lipinski definition) is 3. The molecule has 0 bridgehead atoms. The average Bonchev–Trinajstić information content (AvgIpc) is 2.92. The molecule has 0 saturated carbocycles. The first kappa shape index (κ1) is 22.3. The lowest BCUT2D eigenvalue weighted by Gasteiger charge is -2.25. The Morgan fingerprint density at radius 1 is 1.27 bits per heavy atom. The number of carbonyl (C=O) groups excluding carboxylic acids is 1. The van der Waals surface area contributed by atoms with E-state index in [1.54, 1.807) is 0 Å². The van der Waals surface area contributed by atoms with Crippen LogP contribution in [-0.2, 0) is 18.4 Å². The first-order chi connectivity index (χ1) is 12.3. The largest absolute Gasteiger partial charge is 0.356 e. The second-order valence-corrected chi connectivity index (χ2v) is 7.74. The number of aromatic nitrogens is 3. The van der Waals surface area contributed by atoms with Gasteiger partial charge in [0.05, 0.1) is 5.41 Å². The molecule has 8 nitrogen and oxygen atoms in total. The molecule has 9 heteroatoms. The predicted octanol–water partition coefficient (Wildman–Crippen LogP) is 1.07. The van der Waals surface area contributed by atoms with Crippen LogP contribution in [0.25, 0.3) is 0 Å². The standard InChI is InChI=1S/C17H33N7OS/c1-7-18-15(25)17(3,4)12-21-16(19-9-8-10-26-6)20-11-14-23-22-13(2)24(14)5/h7-12H2,1-6H3,(H,18,25)(H2,19,20,21). The molecule has 0 aromatic carbocycles. The summed E-state index contributed by atoms with van der Waals surface area (Å²) in [4.78, 5) is 16.8. The maximum absolute atomic E-state index is 12.2. The Hall–Kier alpha value is -1.77. The molecule has 1 heterocycles. The van der Waals surface area contributed by atoms with Crippen molar-refractivity contribution < 1.29 is 4.79 Å². The molecular formula is C17H33N7OS. The van der Waals surface area contributed by atoms with Crippen LogP contribution in [0.2, 0.25) is 0 Å². The van der Waals surface area contributed by atoms with E-state index in [1.807, 2.05) is 51.1 Å². The fourth-order valence-corrected chi connectivity index (χ4v) is 2.55. The highest BCUT2D eigenvalue weighted by Gasteiger charge is 2.27. The van der Waals surface area contributed by atoms with Gasteiger partial charge in [0.1, 0.15) is 12.4 Å². The highest BCUT2D eigenvalue weighted by molar-refractivity contribution is 7.98. The highest BCUT2D eigenvalue weighted by atomic mass is 32.2. The van der Waals surface area contributed by atoms with Gasteiger partial charge in [0.15, 0.2) is 11.8 Å². The first-order valence-corrected chi connectivity index (χ1v) is 10.4. The van der Waals surface area contributed by atoms with Gasteiger partial charge in [-0.3, -0.25) is 4.79 Å². The Morgan fingerprint density at radius 3 is 2.58 bits per heavy atom. The Bertz CT molecular complexity index is 598. The minimum Gasteiger partial charge on any atom is -0.356 e. The highest BCUT2D eigenvalue weighted by Crippen LogP contribution is 2.13. The van der Waals surface area contributed by atoms with Gasteiger partial charge < -0.3 is 20.5 Å². The molecular weight excluding hydrogens is 350 g/mol. The summed E-state index contributed by atoms with van der Waals surface area (Å²) >= 11 is 1.82. The van der Waals surface area contributed by atoms with E-state index in [9.17, 15) is 4.79 Å². The molecule has 1 aromatic heterocycles. The number of aliphatic imine (C=N–C) groups is 1. The Labute approximate surface area is 161 Å². The van der Waals surface area contributed by atoms with Crippen LogP contribution in [0, 0.1) is 12.3 Å². The molecule has 1 aromatic rings. The van der Waals surface area contributed by atoms with E-state index < -0.39 is 5.41 Å². The molecule has 0 saturated heterocycles. The number of nitrogens with zero attached hydrogens (tertiary/aromatic N) is 4. The van der Waals surface area contributed by atoms with Crippen LogP contribution >= 0.6 is 11.8 Å². The van der Waals surface area contributed by atoms with Crippen LogP contribution in [0.3, 0.4) is 0 Å². The van der Waals surface area contributed by atoms with Crippen molar-refractivity contribution in [3.05, 3.63) is 11.6 Å². The van der Waals surface area contributed by atoms with Crippen LogP contribution < -0.4 is 16.0 Å². The lowest BCUT2D eigenvalue weighted by molar-refractivity contribution is -0.128. The fourth-order valence-electron chi connectivity index (χ4n) is 2.12. The van der Waals surface area contributed by atoms with Crippen molar-refractivity contribution >= 4 is 23.6 Å². The minimum atomic E-state index is -0.529. The summed E-state index contributed by atoms with van der Waals surface area (Å²) in [5.74, 6) is 3.46. The molecule has 26 heavy (non-hydrogen) atoms. The molecule has 1 rings (SSSR count). The third-order valence-corrected chi connectivity index (χ3v) is 4.73. The van der Waals surface area contributed by atoms with Crippen molar-refractivity contribution in [2.75, 3.05) is 31.6 Å². The van der Waals surface area contributed by atoms with E-state index in [4.69, 9.17) is 0 Å². The number of amides is 1. The zero-order valence-electron chi connectivity index (χ0n) is 16.8. The summed E-state index contributed by atoms with van der Waals surface area (Å²) in [5.41, 5.74) is -0.529. The zero-order chi connectivity index (χ0) is 19.6. The number of rotatable bonds is 10. The minimum absolute atomic E-state index is 0.0261. The lowest BCUT2D eigenvalue weighted by atomic mass is 9.92.